The molecule has 0 atom stereocenters. The first-order chi connectivity index (χ1) is 5.34. The molecule has 1 aliphatic carbocycles. The molecule has 0 spiro atoms. The summed E-state index contributed by atoms with van der Waals surface area (Å²) >= 11 is 0. The summed E-state index contributed by atoms with van der Waals surface area (Å²) in [6.07, 6.45) is 9.28. The smallest absolute Gasteiger partial charge is 0.0135 e. The van der Waals surface area contributed by atoms with E-state index in [1.807, 2.05) is 19.2 Å². The van der Waals surface area contributed by atoms with Crippen LogP contribution in [0.2, 0.25) is 0 Å². The first-order valence-corrected chi connectivity index (χ1v) is 4.41. The summed E-state index contributed by atoms with van der Waals surface area (Å²) < 4.78 is 0. The van der Waals surface area contributed by atoms with Crippen molar-refractivity contribution in [1.29, 1.82) is 0 Å². The lowest BCUT2D eigenvalue weighted by atomic mass is 9.98. The van der Waals surface area contributed by atoms with Gasteiger partial charge in [-0.2, -0.15) is 0 Å². The zero-order valence-electron chi connectivity index (χ0n) is 7.48. The normalized spacial score (nSPS) is 19.5. The molecule has 0 unspecified atom stereocenters. The van der Waals surface area contributed by atoms with Crippen LogP contribution in [0, 0.1) is 0 Å². The van der Waals surface area contributed by atoms with Crippen LogP contribution < -0.4 is 5.32 Å². The van der Waals surface area contributed by atoms with Crippen molar-refractivity contribution in [2.75, 3.05) is 0 Å². The van der Waals surface area contributed by atoms with E-state index in [1.54, 1.807) is 0 Å². The minimum Gasteiger partial charge on any atom is -0.365 e. The molecule has 0 saturated carbocycles. The Morgan fingerprint density at radius 2 is 2.00 bits per heavy atom. The largest absolute Gasteiger partial charge is 0.365 e. The Bertz CT molecular complexity index is 177. The number of nitrogens with one attached hydrogen (secondary N) is 1. The van der Waals surface area contributed by atoms with E-state index in [0.29, 0.717) is 0 Å². The molecule has 0 aliphatic heterocycles. The van der Waals surface area contributed by atoms with Gasteiger partial charge in [-0.15, -0.1) is 0 Å². The summed E-state index contributed by atoms with van der Waals surface area (Å²) in [4.78, 5) is 0. The zero-order valence-corrected chi connectivity index (χ0v) is 7.48. The monoisotopic (exact) mass is 151 g/mol. The average Bonchev–Trinajstić information content (AvgIpc) is 2.03. The van der Waals surface area contributed by atoms with E-state index in [0.717, 1.165) is 0 Å². The van der Waals surface area contributed by atoms with Gasteiger partial charge in [-0.3, -0.25) is 0 Å². The van der Waals surface area contributed by atoms with E-state index in [4.69, 9.17) is 0 Å². The van der Waals surface area contributed by atoms with Gasteiger partial charge in [0.25, 0.3) is 0 Å². The van der Waals surface area contributed by atoms with Crippen LogP contribution in [-0.4, -0.2) is 0 Å². The van der Waals surface area contributed by atoms with Crippen LogP contribution in [0.3, 0.4) is 0 Å². The maximum Gasteiger partial charge on any atom is 0.0135 e. The van der Waals surface area contributed by atoms with Gasteiger partial charge in [0.2, 0.25) is 0 Å². The van der Waals surface area contributed by atoms with Crippen LogP contribution in [0.4, 0.5) is 0 Å². The summed E-state index contributed by atoms with van der Waals surface area (Å²) in [5, 5.41) is 3.32. The maximum absolute atomic E-state index is 3.32. The van der Waals surface area contributed by atoms with Crippen LogP contribution in [0.5, 0.6) is 0 Å². The van der Waals surface area contributed by atoms with Crippen LogP contribution in [0.1, 0.15) is 39.5 Å². The molecule has 11 heavy (non-hydrogen) atoms. The molecular weight excluding hydrogens is 134 g/mol. The van der Waals surface area contributed by atoms with Gasteiger partial charge in [0.15, 0.2) is 0 Å². The molecule has 0 aromatic heterocycles. The molecule has 1 heteroatoms. The Morgan fingerprint density at radius 1 is 1.27 bits per heavy atom. The molecule has 0 fully saturated rings. The molecule has 0 aromatic carbocycles. The molecule has 0 bridgehead atoms. The molecule has 0 aromatic rings. The van der Waals surface area contributed by atoms with Crippen molar-refractivity contribution in [3.63, 3.8) is 0 Å². The fraction of sp³-hybridized carbons (Fsp3) is 0.600. The molecule has 0 heterocycles. The Labute approximate surface area is 69.2 Å². The van der Waals surface area contributed by atoms with Gasteiger partial charge in [-0.25, -0.2) is 0 Å². The van der Waals surface area contributed by atoms with Crippen LogP contribution >= 0.6 is 0 Å². The van der Waals surface area contributed by atoms with Gasteiger partial charge in [-0.1, -0.05) is 11.6 Å². The van der Waals surface area contributed by atoms with E-state index in [1.165, 1.54) is 37.0 Å². The molecule has 1 N–H and O–H groups in total. The second-order valence-electron chi connectivity index (χ2n) is 3.11. The van der Waals surface area contributed by atoms with Crippen molar-refractivity contribution in [2.45, 2.75) is 39.5 Å². The Balaban J connectivity index is 2.52. The molecule has 62 valence electrons. The molecule has 0 saturated heterocycles. The third-order valence-electron chi connectivity index (χ3n) is 2.17. The first-order valence-electron chi connectivity index (χ1n) is 4.41. The number of hydrogen-bond acceptors (Lipinski definition) is 1. The van der Waals surface area contributed by atoms with Crippen molar-refractivity contribution in [3.8, 4) is 0 Å². The second kappa shape index (κ2) is 4.22. The molecule has 0 radical (unpaired) electrons. The quantitative estimate of drug-likeness (QED) is 0.639. The second-order valence-corrected chi connectivity index (χ2v) is 3.11. The summed E-state index contributed by atoms with van der Waals surface area (Å²) in [6.45, 7) is 4.26. The number of rotatable bonds is 2. The van der Waals surface area contributed by atoms with Crippen LogP contribution in [-0.2, 0) is 0 Å². The third kappa shape index (κ3) is 2.41. The lowest BCUT2D eigenvalue weighted by Gasteiger charge is -2.17. The third-order valence-corrected chi connectivity index (χ3v) is 2.17. The SMILES string of the molecule is C/C=C\NC1=C(C)CCCC1. The summed E-state index contributed by atoms with van der Waals surface area (Å²) in [5.74, 6) is 0. The van der Waals surface area contributed by atoms with Gasteiger partial charge in [0.05, 0.1) is 0 Å². The van der Waals surface area contributed by atoms with Gasteiger partial charge in [0, 0.05) is 5.70 Å². The molecule has 0 amide bonds. The predicted octanol–water partition coefficient (Wildman–Crippen LogP) is 2.96. The highest BCUT2D eigenvalue weighted by Gasteiger charge is 2.06. The highest BCUT2D eigenvalue weighted by molar-refractivity contribution is 5.14. The minimum absolute atomic E-state index is 1.23. The van der Waals surface area contributed by atoms with Crippen LogP contribution in [0.25, 0.3) is 0 Å². The van der Waals surface area contributed by atoms with Crippen molar-refractivity contribution < 1.29 is 0 Å². The topological polar surface area (TPSA) is 12.0 Å². The minimum atomic E-state index is 1.23. The van der Waals surface area contributed by atoms with Crippen molar-refractivity contribution in [3.05, 3.63) is 23.5 Å². The van der Waals surface area contributed by atoms with E-state index >= 15 is 0 Å². The van der Waals surface area contributed by atoms with Gasteiger partial charge in [-0.05, 0) is 45.7 Å². The van der Waals surface area contributed by atoms with Crippen molar-refractivity contribution in [2.24, 2.45) is 0 Å². The van der Waals surface area contributed by atoms with E-state index < -0.39 is 0 Å². The number of allylic oxidation sites excluding steroid dienone is 3. The molecule has 1 nitrogen and oxygen atoms in total. The average molecular weight is 151 g/mol. The molecule has 1 aliphatic rings. The highest BCUT2D eigenvalue weighted by Crippen LogP contribution is 2.21. The van der Waals surface area contributed by atoms with Crippen molar-refractivity contribution >= 4 is 0 Å². The maximum atomic E-state index is 3.32. The fourth-order valence-electron chi connectivity index (χ4n) is 1.44. The lowest BCUT2D eigenvalue weighted by Crippen LogP contribution is -2.10. The van der Waals surface area contributed by atoms with E-state index in [9.17, 15) is 0 Å². The van der Waals surface area contributed by atoms with E-state index in [-0.39, 0.29) is 0 Å². The Kier molecular flexibility index (Phi) is 3.21. The standard InChI is InChI=1S/C10H17N/c1-3-8-11-10-7-5-4-6-9(10)2/h3,8,11H,4-7H2,1-2H3/b8-3-. The summed E-state index contributed by atoms with van der Waals surface area (Å²) in [7, 11) is 0. The van der Waals surface area contributed by atoms with Gasteiger partial charge in [0.1, 0.15) is 0 Å². The number of hydrogen-bond donors (Lipinski definition) is 1. The Morgan fingerprint density at radius 3 is 2.64 bits per heavy atom. The van der Waals surface area contributed by atoms with Gasteiger partial charge >= 0.3 is 0 Å². The van der Waals surface area contributed by atoms with Crippen LogP contribution in [0.15, 0.2) is 23.5 Å². The molecular formula is C10H17N. The predicted molar refractivity (Wildman–Crippen MR) is 49.1 cm³/mol. The zero-order chi connectivity index (χ0) is 8.10. The Hall–Kier alpha value is -0.720. The summed E-state index contributed by atoms with van der Waals surface area (Å²) in [5.41, 5.74) is 2.98. The highest BCUT2D eigenvalue weighted by atomic mass is 14.9. The summed E-state index contributed by atoms with van der Waals surface area (Å²) in [6, 6.07) is 0. The lowest BCUT2D eigenvalue weighted by molar-refractivity contribution is 0.646. The fourth-order valence-corrected chi connectivity index (χ4v) is 1.44. The van der Waals surface area contributed by atoms with Gasteiger partial charge < -0.3 is 5.32 Å². The first kappa shape index (κ1) is 8.38. The van der Waals surface area contributed by atoms with Crippen molar-refractivity contribution in [1.82, 2.24) is 5.32 Å². The van der Waals surface area contributed by atoms with E-state index in [2.05, 4.69) is 12.2 Å². The molecule has 1 rings (SSSR count).